The summed E-state index contributed by atoms with van der Waals surface area (Å²) >= 11 is 1.52. The van der Waals surface area contributed by atoms with Crippen molar-refractivity contribution in [1.82, 2.24) is 4.90 Å². The van der Waals surface area contributed by atoms with Crippen LogP contribution in [0, 0.1) is 5.92 Å². The first-order valence-corrected chi connectivity index (χ1v) is 8.83. The zero-order chi connectivity index (χ0) is 16.7. The average Bonchev–Trinajstić information content (AvgIpc) is 2.58. The number of carbonyl (C=O) groups excluding carboxylic acids is 1. The second kappa shape index (κ2) is 8.82. The first kappa shape index (κ1) is 17.7. The highest BCUT2D eigenvalue weighted by molar-refractivity contribution is 8.00. The van der Waals surface area contributed by atoms with E-state index in [1.165, 1.54) is 11.8 Å². The molecule has 6 heteroatoms. The van der Waals surface area contributed by atoms with E-state index in [9.17, 15) is 9.59 Å². The summed E-state index contributed by atoms with van der Waals surface area (Å²) in [5.74, 6) is 0.903. The molecule has 0 aliphatic carbocycles. The van der Waals surface area contributed by atoms with Crippen LogP contribution < -0.4 is 4.74 Å². The van der Waals surface area contributed by atoms with Crippen LogP contribution in [0.2, 0.25) is 0 Å². The average molecular weight is 337 g/mol. The fourth-order valence-electron chi connectivity index (χ4n) is 2.76. The van der Waals surface area contributed by atoms with E-state index in [0.29, 0.717) is 24.6 Å². The highest BCUT2D eigenvalue weighted by Gasteiger charge is 2.23. The van der Waals surface area contributed by atoms with Crippen LogP contribution in [0.1, 0.15) is 25.7 Å². The minimum absolute atomic E-state index is 0.130. The van der Waals surface area contributed by atoms with E-state index in [1.807, 2.05) is 29.2 Å². The van der Waals surface area contributed by atoms with Crippen molar-refractivity contribution in [2.45, 2.75) is 30.6 Å². The molecule has 1 unspecified atom stereocenters. The minimum Gasteiger partial charge on any atom is -0.497 e. The Balaban J connectivity index is 1.78. The summed E-state index contributed by atoms with van der Waals surface area (Å²) < 4.78 is 5.12. The minimum atomic E-state index is -0.761. The molecular weight excluding hydrogens is 314 g/mol. The molecular formula is C17H23NO4S. The van der Waals surface area contributed by atoms with Gasteiger partial charge in [0.2, 0.25) is 5.91 Å². The zero-order valence-corrected chi connectivity index (χ0v) is 14.2. The molecule has 1 saturated heterocycles. The Morgan fingerprint density at radius 3 is 2.74 bits per heavy atom. The van der Waals surface area contributed by atoms with Crippen molar-refractivity contribution in [2.75, 3.05) is 26.0 Å². The summed E-state index contributed by atoms with van der Waals surface area (Å²) in [6.45, 7) is 1.47. The van der Waals surface area contributed by atoms with E-state index in [4.69, 9.17) is 9.84 Å². The third-order valence-corrected chi connectivity index (χ3v) is 5.06. The Labute approximate surface area is 141 Å². The van der Waals surface area contributed by atoms with Crippen LogP contribution >= 0.6 is 11.8 Å². The van der Waals surface area contributed by atoms with E-state index >= 15 is 0 Å². The molecule has 1 amide bonds. The van der Waals surface area contributed by atoms with Crippen LogP contribution in [0.5, 0.6) is 5.75 Å². The van der Waals surface area contributed by atoms with Crippen molar-refractivity contribution in [3.8, 4) is 5.75 Å². The Morgan fingerprint density at radius 1 is 1.35 bits per heavy atom. The lowest BCUT2D eigenvalue weighted by atomic mass is 9.93. The molecule has 126 valence electrons. The monoisotopic (exact) mass is 337 g/mol. The predicted octanol–water partition coefficient (Wildman–Crippen LogP) is 2.89. The van der Waals surface area contributed by atoms with E-state index in [1.54, 1.807) is 7.11 Å². The molecule has 23 heavy (non-hydrogen) atoms. The number of hydrogen-bond acceptors (Lipinski definition) is 4. The summed E-state index contributed by atoms with van der Waals surface area (Å²) in [5, 5.41) is 8.77. The van der Waals surface area contributed by atoms with Gasteiger partial charge in [-0.2, -0.15) is 0 Å². The van der Waals surface area contributed by atoms with Crippen molar-refractivity contribution < 1.29 is 19.4 Å². The van der Waals surface area contributed by atoms with Crippen LogP contribution in [0.25, 0.3) is 0 Å². The first-order valence-electron chi connectivity index (χ1n) is 7.85. The van der Waals surface area contributed by atoms with Crippen molar-refractivity contribution in [3.63, 3.8) is 0 Å². The van der Waals surface area contributed by atoms with Crippen molar-refractivity contribution in [1.29, 1.82) is 0 Å². The number of methoxy groups -OCH3 is 1. The van der Waals surface area contributed by atoms with Crippen LogP contribution in [0.3, 0.4) is 0 Å². The number of amides is 1. The van der Waals surface area contributed by atoms with Crippen LogP contribution in [0.4, 0.5) is 0 Å². The van der Waals surface area contributed by atoms with Gasteiger partial charge in [0, 0.05) is 24.4 Å². The lowest BCUT2D eigenvalue weighted by molar-refractivity contribution is -0.137. The van der Waals surface area contributed by atoms with Crippen LogP contribution in [0.15, 0.2) is 29.2 Å². The Hall–Kier alpha value is -1.69. The van der Waals surface area contributed by atoms with Gasteiger partial charge < -0.3 is 14.7 Å². The Kier molecular flexibility index (Phi) is 6.77. The maximum absolute atomic E-state index is 12.3. The van der Waals surface area contributed by atoms with Gasteiger partial charge >= 0.3 is 5.97 Å². The SMILES string of the molecule is COc1ccc(SCC(=O)N2CCCC(CCC(=O)O)C2)cc1. The maximum atomic E-state index is 12.3. The van der Waals surface area contributed by atoms with Crippen LogP contribution in [-0.4, -0.2) is 47.8 Å². The number of ether oxygens (including phenoxy) is 1. The van der Waals surface area contributed by atoms with E-state index in [-0.39, 0.29) is 12.3 Å². The molecule has 0 bridgehead atoms. The fourth-order valence-corrected chi connectivity index (χ4v) is 3.56. The molecule has 1 aromatic carbocycles. The van der Waals surface area contributed by atoms with Gasteiger partial charge in [0.25, 0.3) is 0 Å². The van der Waals surface area contributed by atoms with Gasteiger partial charge in [-0.05, 0) is 49.4 Å². The molecule has 1 atom stereocenters. The summed E-state index contributed by atoms with van der Waals surface area (Å²) in [6, 6.07) is 7.66. The molecule has 5 nitrogen and oxygen atoms in total. The highest BCUT2D eigenvalue weighted by Crippen LogP contribution is 2.24. The second-order valence-corrected chi connectivity index (χ2v) is 6.79. The predicted molar refractivity (Wildman–Crippen MR) is 89.9 cm³/mol. The van der Waals surface area contributed by atoms with Gasteiger partial charge in [-0.15, -0.1) is 11.8 Å². The largest absolute Gasteiger partial charge is 0.497 e. The van der Waals surface area contributed by atoms with Crippen LogP contribution in [-0.2, 0) is 9.59 Å². The number of piperidine rings is 1. The summed E-state index contributed by atoms with van der Waals surface area (Å²) in [4.78, 5) is 25.9. The Morgan fingerprint density at radius 2 is 2.09 bits per heavy atom. The van der Waals surface area contributed by atoms with Gasteiger partial charge in [-0.3, -0.25) is 9.59 Å². The molecule has 0 aromatic heterocycles. The molecule has 0 saturated carbocycles. The molecule has 0 radical (unpaired) electrons. The number of hydrogen-bond donors (Lipinski definition) is 1. The first-order chi connectivity index (χ1) is 11.1. The molecule has 1 aromatic rings. The number of benzene rings is 1. The number of rotatable bonds is 7. The second-order valence-electron chi connectivity index (χ2n) is 5.74. The fraction of sp³-hybridized carbons (Fsp3) is 0.529. The number of carboxylic acid groups (broad SMARTS) is 1. The molecule has 1 heterocycles. The number of nitrogens with zero attached hydrogens (tertiary/aromatic N) is 1. The number of carbonyl (C=O) groups is 2. The van der Waals surface area contributed by atoms with E-state index in [0.717, 1.165) is 30.0 Å². The summed E-state index contributed by atoms with van der Waals surface area (Å²) in [6.07, 6.45) is 2.82. The standard InChI is InChI=1S/C17H23NO4S/c1-22-14-5-7-15(8-6-14)23-12-16(19)18-10-2-3-13(11-18)4-9-17(20)21/h5-8,13H,2-4,9-12H2,1H3,(H,20,21). The molecule has 0 spiro atoms. The molecule has 1 aliphatic heterocycles. The van der Waals surface area contributed by atoms with E-state index in [2.05, 4.69) is 0 Å². The lowest BCUT2D eigenvalue weighted by Gasteiger charge is -2.32. The van der Waals surface area contributed by atoms with Gasteiger partial charge in [0.05, 0.1) is 12.9 Å². The number of thioether (sulfide) groups is 1. The Bertz CT molecular complexity index is 532. The lowest BCUT2D eigenvalue weighted by Crippen LogP contribution is -2.41. The third kappa shape index (κ3) is 5.78. The summed E-state index contributed by atoms with van der Waals surface area (Å²) in [5.41, 5.74) is 0. The maximum Gasteiger partial charge on any atom is 0.303 e. The van der Waals surface area contributed by atoms with Gasteiger partial charge in [0.15, 0.2) is 0 Å². The zero-order valence-electron chi connectivity index (χ0n) is 13.4. The van der Waals surface area contributed by atoms with Gasteiger partial charge in [0.1, 0.15) is 5.75 Å². The van der Waals surface area contributed by atoms with Crippen molar-refractivity contribution in [3.05, 3.63) is 24.3 Å². The number of aliphatic carboxylic acids is 1. The third-order valence-electron chi connectivity index (χ3n) is 4.06. The molecule has 1 N–H and O–H groups in total. The van der Waals surface area contributed by atoms with Crippen molar-refractivity contribution >= 4 is 23.6 Å². The van der Waals surface area contributed by atoms with E-state index < -0.39 is 5.97 Å². The molecule has 1 aliphatic rings. The number of carboxylic acids is 1. The topological polar surface area (TPSA) is 66.8 Å². The molecule has 1 fully saturated rings. The summed E-state index contributed by atoms with van der Waals surface area (Å²) in [7, 11) is 1.63. The van der Waals surface area contributed by atoms with Crippen molar-refractivity contribution in [2.24, 2.45) is 5.92 Å². The smallest absolute Gasteiger partial charge is 0.303 e. The highest BCUT2D eigenvalue weighted by atomic mass is 32.2. The molecule has 2 rings (SSSR count). The quantitative estimate of drug-likeness (QED) is 0.775. The number of likely N-dealkylation sites (tertiary alicyclic amines) is 1. The van der Waals surface area contributed by atoms with Gasteiger partial charge in [-0.1, -0.05) is 0 Å². The normalized spacial score (nSPS) is 17.8. The van der Waals surface area contributed by atoms with Gasteiger partial charge in [-0.25, -0.2) is 0 Å².